The second-order valence-electron chi connectivity index (χ2n) is 4.03. The third-order valence-corrected chi connectivity index (χ3v) is 2.90. The molecule has 0 N–H and O–H groups in total. The number of allylic oxidation sites excluding steroid dienone is 6. The first-order chi connectivity index (χ1) is 8.76. The van der Waals surface area contributed by atoms with Crippen LogP contribution in [0, 0.1) is 11.3 Å². The van der Waals surface area contributed by atoms with E-state index >= 15 is 0 Å². The van der Waals surface area contributed by atoms with Crippen molar-refractivity contribution in [2.24, 2.45) is 0 Å². The van der Waals surface area contributed by atoms with Crippen LogP contribution in [0.1, 0.15) is 18.9 Å². The summed E-state index contributed by atoms with van der Waals surface area (Å²) in [4.78, 5) is 11.6. The average Bonchev–Trinajstić information content (AvgIpc) is 2.42. The Labute approximate surface area is 107 Å². The molecule has 0 amide bonds. The third-order valence-electron chi connectivity index (χ3n) is 2.90. The van der Waals surface area contributed by atoms with E-state index in [0.29, 0.717) is 12.0 Å². The maximum absolute atomic E-state index is 11.6. The van der Waals surface area contributed by atoms with E-state index < -0.39 is 0 Å². The molecule has 18 heavy (non-hydrogen) atoms. The van der Waals surface area contributed by atoms with E-state index in [1.807, 2.05) is 43.3 Å². The second-order valence-corrected chi connectivity index (χ2v) is 4.03. The Hall–Kier alpha value is -2.40. The molecule has 0 atom stereocenters. The number of ketones is 1. The molecule has 0 aliphatic heterocycles. The van der Waals surface area contributed by atoms with Crippen LogP contribution in [0.4, 0.5) is 0 Å². The molecule has 1 aromatic carbocycles. The van der Waals surface area contributed by atoms with E-state index in [1.54, 1.807) is 6.08 Å². The van der Waals surface area contributed by atoms with Crippen LogP contribution in [-0.4, -0.2) is 5.78 Å². The van der Waals surface area contributed by atoms with Gasteiger partial charge in [0.25, 0.3) is 0 Å². The van der Waals surface area contributed by atoms with Gasteiger partial charge in [0.05, 0.1) is 5.57 Å². The highest BCUT2D eigenvalue weighted by Gasteiger charge is 2.13. The van der Waals surface area contributed by atoms with Gasteiger partial charge in [0.2, 0.25) is 0 Å². The fourth-order valence-electron chi connectivity index (χ4n) is 1.91. The minimum atomic E-state index is 0.0339. The normalized spacial score (nSPS) is 17.1. The number of rotatable bonds is 2. The summed E-state index contributed by atoms with van der Waals surface area (Å²) < 4.78 is 0. The summed E-state index contributed by atoms with van der Waals surface area (Å²) in [5.74, 6) is 0.0339. The lowest BCUT2D eigenvalue weighted by molar-refractivity contribution is -0.111. The van der Waals surface area contributed by atoms with Crippen LogP contribution in [0.2, 0.25) is 0 Å². The Kier molecular flexibility index (Phi) is 3.54. The summed E-state index contributed by atoms with van der Waals surface area (Å²) in [5.41, 5.74) is 3.03. The summed E-state index contributed by atoms with van der Waals surface area (Å²) in [6, 6.07) is 11.7. The third kappa shape index (κ3) is 2.31. The quantitative estimate of drug-likeness (QED) is 0.737. The van der Waals surface area contributed by atoms with Crippen LogP contribution in [-0.2, 0) is 4.79 Å². The molecule has 0 spiro atoms. The Balaban J connectivity index is 2.53. The maximum Gasteiger partial charge on any atom is 0.181 e. The molecule has 1 aromatic rings. The molecule has 0 radical (unpaired) electrons. The largest absolute Gasteiger partial charge is 0.290 e. The molecule has 0 saturated carbocycles. The summed E-state index contributed by atoms with van der Waals surface area (Å²) in [7, 11) is 0. The van der Waals surface area contributed by atoms with Gasteiger partial charge in [-0.2, -0.15) is 5.26 Å². The minimum Gasteiger partial charge on any atom is -0.290 e. The monoisotopic (exact) mass is 235 g/mol. The number of carbonyl (C=O) groups excluding carboxylic acids is 1. The molecule has 0 bridgehead atoms. The van der Waals surface area contributed by atoms with Gasteiger partial charge in [-0.15, -0.1) is 0 Å². The van der Waals surface area contributed by atoms with E-state index in [0.717, 1.165) is 16.7 Å². The molecule has 2 nitrogen and oxygen atoms in total. The summed E-state index contributed by atoms with van der Waals surface area (Å²) >= 11 is 0. The van der Waals surface area contributed by atoms with Gasteiger partial charge < -0.3 is 0 Å². The molecule has 0 unspecified atom stereocenters. The molecule has 1 aliphatic carbocycles. The molecule has 1 aliphatic rings. The van der Waals surface area contributed by atoms with Gasteiger partial charge in [-0.05, 0) is 41.4 Å². The average molecular weight is 235 g/mol. The number of nitrogens with zero attached hydrogens (tertiary/aromatic N) is 1. The molecule has 2 heteroatoms. The Morgan fingerprint density at radius 1 is 1.22 bits per heavy atom. The molecule has 0 saturated heterocycles. The summed E-state index contributed by atoms with van der Waals surface area (Å²) in [6.45, 7) is 1.94. The topological polar surface area (TPSA) is 40.9 Å². The van der Waals surface area contributed by atoms with Crippen LogP contribution >= 0.6 is 0 Å². The molecule has 88 valence electrons. The van der Waals surface area contributed by atoms with Crippen molar-refractivity contribution in [3.63, 3.8) is 0 Å². The zero-order valence-corrected chi connectivity index (χ0v) is 10.2. The van der Waals surface area contributed by atoms with Gasteiger partial charge >= 0.3 is 0 Å². The molecule has 0 aromatic heterocycles. The van der Waals surface area contributed by atoms with Gasteiger partial charge in [0.1, 0.15) is 6.07 Å². The van der Waals surface area contributed by atoms with Crippen LogP contribution in [0.15, 0.2) is 59.7 Å². The Bertz CT molecular complexity index is 598. The van der Waals surface area contributed by atoms with E-state index in [2.05, 4.69) is 6.07 Å². The van der Waals surface area contributed by atoms with Crippen LogP contribution in [0.5, 0.6) is 0 Å². The highest BCUT2D eigenvalue weighted by atomic mass is 16.1. The van der Waals surface area contributed by atoms with Gasteiger partial charge in [0, 0.05) is 0 Å². The fourth-order valence-corrected chi connectivity index (χ4v) is 1.91. The Morgan fingerprint density at radius 2 is 1.94 bits per heavy atom. The van der Waals surface area contributed by atoms with Crippen molar-refractivity contribution in [1.29, 1.82) is 5.26 Å². The van der Waals surface area contributed by atoms with Crippen LogP contribution in [0.3, 0.4) is 0 Å². The van der Waals surface area contributed by atoms with Crippen molar-refractivity contribution in [1.82, 2.24) is 0 Å². The number of carbonyl (C=O) groups is 1. The van der Waals surface area contributed by atoms with Crippen LogP contribution < -0.4 is 0 Å². The van der Waals surface area contributed by atoms with Crippen molar-refractivity contribution < 1.29 is 4.79 Å². The van der Waals surface area contributed by atoms with Crippen molar-refractivity contribution in [3.05, 3.63) is 65.3 Å². The lowest BCUT2D eigenvalue weighted by Crippen LogP contribution is -2.03. The zero-order valence-electron chi connectivity index (χ0n) is 10.2. The van der Waals surface area contributed by atoms with Crippen molar-refractivity contribution >= 4 is 11.4 Å². The van der Waals surface area contributed by atoms with Crippen molar-refractivity contribution in [2.45, 2.75) is 13.3 Å². The molecular formula is C16H13NO. The molecule has 0 heterocycles. The van der Waals surface area contributed by atoms with E-state index in [9.17, 15) is 10.1 Å². The number of benzene rings is 1. The summed E-state index contributed by atoms with van der Waals surface area (Å²) in [5, 5.41) is 9.30. The second kappa shape index (κ2) is 5.29. The maximum atomic E-state index is 11.6. The minimum absolute atomic E-state index is 0.0339. The van der Waals surface area contributed by atoms with Gasteiger partial charge in [-0.1, -0.05) is 37.3 Å². The standard InChI is InChI=1S/C16H13NO/c1-2-12-10-14(8-9-16(12)18)15(11-17)13-6-4-3-5-7-13/h3-10H,2H2,1H3. The smallest absolute Gasteiger partial charge is 0.181 e. The summed E-state index contributed by atoms with van der Waals surface area (Å²) in [6.07, 6.45) is 5.75. The first kappa shape index (κ1) is 12.1. The lowest BCUT2D eigenvalue weighted by Gasteiger charge is -2.09. The fraction of sp³-hybridized carbons (Fsp3) is 0.125. The predicted molar refractivity (Wildman–Crippen MR) is 71.5 cm³/mol. The SMILES string of the molecule is CCC1=CC(=C(C#N)c2ccccc2)C=CC1=O. The highest BCUT2D eigenvalue weighted by Crippen LogP contribution is 2.24. The molecule has 2 rings (SSSR count). The molecule has 0 fully saturated rings. The highest BCUT2D eigenvalue weighted by molar-refractivity contribution is 6.07. The van der Waals surface area contributed by atoms with Gasteiger partial charge in [-0.25, -0.2) is 0 Å². The number of hydrogen-bond acceptors (Lipinski definition) is 2. The zero-order chi connectivity index (χ0) is 13.0. The van der Waals surface area contributed by atoms with Crippen molar-refractivity contribution in [2.75, 3.05) is 0 Å². The number of hydrogen-bond donors (Lipinski definition) is 0. The van der Waals surface area contributed by atoms with E-state index in [1.165, 1.54) is 6.08 Å². The first-order valence-corrected chi connectivity index (χ1v) is 5.89. The van der Waals surface area contributed by atoms with E-state index in [4.69, 9.17) is 0 Å². The van der Waals surface area contributed by atoms with Crippen LogP contribution in [0.25, 0.3) is 5.57 Å². The Morgan fingerprint density at radius 3 is 2.56 bits per heavy atom. The lowest BCUT2D eigenvalue weighted by atomic mass is 9.93. The van der Waals surface area contributed by atoms with Crippen molar-refractivity contribution in [3.8, 4) is 6.07 Å². The first-order valence-electron chi connectivity index (χ1n) is 5.89. The predicted octanol–water partition coefficient (Wildman–Crippen LogP) is 3.44. The number of nitriles is 1. The molecular weight excluding hydrogens is 222 g/mol. The van der Waals surface area contributed by atoms with E-state index in [-0.39, 0.29) is 5.78 Å². The van der Waals surface area contributed by atoms with Gasteiger partial charge in [0.15, 0.2) is 5.78 Å². The van der Waals surface area contributed by atoms with Gasteiger partial charge in [-0.3, -0.25) is 4.79 Å².